The maximum atomic E-state index is 12.8. The van der Waals surface area contributed by atoms with Crippen LogP contribution in [0.15, 0.2) is 24.5 Å². The van der Waals surface area contributed by atoms with Gasteiger partial charge in [-0.3, -0.25) is 9.48 Å². The highest BCUT2D eigenvalue weighted by molar-refractivity contribution is 5.97. The third kappa shape index (κ3) is 2.68. The summed E-state index contributed by atoms with van der Waals surface area (Å²) in [5.74, 6) is -0.0998. The molecule has 4 rings (SSSR count). The predicted octanol–water partition coefficient (Wildman–Crippen LogP) is 2.18. The first-order valence-corrected chi connectivity index (χ1v) is 8.79. The third-order valence-electron chi connectivity index (χ3n) is 5.25. The van der Waals surface area contributed by atoms with E-state index < -0.39 is 0 Å². The number of imidazole rings is 1. The van der Waals surface area contributed by atoms with Crippen LogP contribution in [0.2, 0.25) is 0 Å². The maximum absolute atomic E-state index is 12.8. The SMILES string of the molecule is Cc1nn(C)c(C)c1[C@H]1OCC[C@@H]1NC(=O)c1ccc2c(c1)ncn2C. The summed E-state index contributed by atoms with van der Waals surface area (Å²) < 4.78 is 9.75. The number of benzene rings is 1. The number of hydrogen-bond acceptors (Lipinski definition) is 4. The standard InChI is InChI=1S/C19H23N5O2/c1-11-17(12(2)24(4)22-11)18-14(7-8-26-18)21-19(25)13-5-6-16-15(9-13)20-10-23(16)3/h5-6,9-10,14,18H,7-8H2,1-4H3,(H,21,25)/t14-,18-/m0/s1. The minimum atomic E-state index is -0.161. The number of carbonyl (C=O) groups is 1. The first-order valence-electron chi connectivity index (χ1n) is 8.79. The summed E-state index contributed by atoms with van der Waals surface area (Å²) in [5, 5.41) is 7.62. The molecule has 136 valence electrons. The lowest BCUT2D eigenvalue weighted by Gasteiger charge is -2.20. The van der Waals surface area contributed by atoms with Crippen LogP contribution in [0.25, 0.3) is 11.0 Å². The molecule has 0 spiro atoms. The van der Waals surface area contributed by atoms with Crippen LogP contribution in [-0.4, -0.2) is 37.9 Å². The fourth-order valence-electron chi connectivity index (χ4n) is 3.75. The normalized spacial score (nSPS) is 20.0. The van der Waals surface area contributed by atoms with Crippen LogP contribution < -0.4 is 5.32 Å². The Balaban J connectivity index is 1.57. The van der Waals surface area contributed by atoms with Gasteiger partial charge in [0.1, 0.15) is 6.10 Å². The van der Waals surface area contributed by atoms with Crippen molar-refractivity contribution in [1.82, 2.24) is 24.6 Å². The Morgan fingerprint density at radius 1 is 1.31 bits per heavy atom. The Morgan fingerprint density at radius 3 is 2.85 bits per heavy atom. The maximum Gasteiger partial charge on any atom is 0.251 e. The number of aromatic nitrogens is 4. The number of ether oxygens (including phenoxy) is 1. The van der Waals surface area contributed by atoms with Gasteiger partial charge in [-0.25, -0.2) is 4.98 Å². The topological polar surface area (TPSA) is 74.0 Å². The Kier molecular flexibility index (Phi) is 4.03. The van der Waals surface area contributed by atoms with Crippen LogP contribution >= 0.6 is 0 Å². The minimum Gasteiger partial charge on any atom is -0.371 e. The van der Waals surface area contributed by atoms with E-state index in [2.05, 4.69) is 15.4 Å². The van der Waals surface area contributed by atoms with E-state index >= 15 is 0 Å². The highest BCUT2D eigenvalue weighted by atomic mass is 16.5. The second-order valence-electron chi connectivity index (χ2n) is 6.93. The molecule has 3 aromatic rings. The number of nitrogens with zero attached hydrogens (tertiary/aromatic N) is 4. The number of hydrogen-bond donors (Lipinski definition) is 1. The van der Waals surface area contributed by atoms with Crippen LogP contribution in [0.1, 0.15) is 39.8 Å². The third-order valence-corrected chi connectivity index (χ3v) is 5.25. The summed E-state index contributed by atoms with van der Waals surface area (Å²) in [6, 6.07) is 5.53. The molecule has 0 aliphatic carbocycles. The molecule has 26 heavy (non-hydrogen) atoms. The van der Waals surface area contributed by atoms with E-state index in [1.54, 1.807) is 6.33 Å². The molecule has 0 radical (unpaired) electrons. The van der Waals surface area contributed by atoms with Crippen LogP contribution in [-0.2, 0) is 18.8 Å². The van der Waals surface area contributed by atoms with Crippen LogP contribution in [0.5, 0.6) is 0 Å². The lowest BCUT2D eigenvalue weighted by molar-refractivity contribution is 0.0817. The van der Waals surface area contributed by atoms with E-state index in [0.717, 1.165) is 34.4 Å². The van der Waals surface area contributed by atoms with Crippen LogP contribution in [0.4, 0.5) is 0 Å². The van der Waals surface area contributed by atoms with Crippen molar-refractivity contribution in [2.45, 2.75) is 32.4 Å². The fraction of sp³-hybridized carbons (Fsp3) is 0.421. The molecule has 3 heterocycles. The van der Waals surface area contributed by atoms with Crippen molar-refractivity contribution < 1.29 is 9.53 Å². The monoisotopic (exact) mass is 353 g/mol. The van der Waals surface area contributed by atoms with Gasteiger partial charge in [-0.2, -0.15) is 5.10 Å². The molecule has 0 saturated carbocycles. The molecule has 1 aromatic carbocycles. The van der Waals surface area contributed by atoms with Crippen molar-refractivity contribution in [3.05, 3.63) is 47.0 Å². The first-order chi connectivity index (χ1) is 12.5. The molecular weight excluding hydrogens is 330 g/mol. The second-order valence-corrected chi connectivity index (χ2v) is 6.93. The van der Waals surface area contributed by atoms with E-state index in [9.17, 15) is 4.79 Å². The van der Waals surface area contributed by atoms with Gasteiger partial charge in [-0.05, 0) is 38.5 Å². The van der Waals surface area contributed by atoms with E-state index in [-0.39, 0.29) is 18.1 Å². The summed E-state index contributed by atoms with van der Waals surface area (Å²) in [7, 11) is 3.87. The average Bonchev–Trinajstić information content (AvgIpc) is 3.27. The van der Waals surface area contributed by atoms with Crippen molar-refractivity contribution in [2.24, 2.45) is 14.1 Å². The highest BCUT2D eigenvalue weighted by Gasteiger charge is 2.34. The number of aryl methyl sites for hydroxylation is 3. The van der Waals surface area contributed by atoms with Gasteiger partial charge in [0.05, 0.1) is 29.1 Å². The Bertz CT molecular complexity index is 987. The van der Waals surface area contributed by atoms with E-state index in [1.165, 1.54) is 0 Å². The number of nitrogens with one attached hydrogen (secondary N) is 1. The quantitative estimate of drug-likeness (QED) is 0.783. The lowest BCUT2D eigenvalue weighted by atomic mass is 10.00. The molecule has 1 aliphatic rings. The highest BCUT2D eigenvalue weighted by Crippen LogP contribution is 2.33. The van der Waals surface area contributed by atoms with Crippen molar-refractivity contribution in [3.8, 4) is 0 Å². The fourth-order valence-corrected chi connectivity index (χ4v) is 3.75. The summed E-state index contributed by atoms with van der Waals surface area (Å²) in [6.45, 7) is 4.64. The number of carbonyl (C=O) groups excluding carboxylic acids is 1. The lowest BCUT2D eigenvalue weighted by Crippen LogP contribution is -2.37. The molecule has 1 N–H and O–H groups in total. The zero-order chi connectivity index (χ0) is 18.4. The van der Waals surface area contributed by atoms with Crippen molar-refractivity contribution in [2.75, 3.05) is 6.61 Å². The van der Waals surface area contributed by atoms with Gasteiger partial charge in [-0.15, -0.1) is 0 Å². The van der Waals surface area contributed by atoms with E-state index in [1.807, 2.05) is 55.4 Å². The number of rotatable bonds is 3. The summed E-state index contributed by atoms with van der Waals surface area (Å²) in [5.41, 5.74) is 5.54. The summed E-state index contributed by atoms with van der Waals surface area (Å²) in [6.07, 6.45) is 2.38. The molecule has 1 aliphatic heterocycles. The van der Waals surface area contributed by atoms with Crippen molar-refractivity contribution in [3.63, 3.8) is 0 Å². The van der Waals surface area contributed by atoms with Crippen molar-refractivity contribution >= 4 is 16.9 Å². The molecule has 1 fully saturated rings. The minimum absolute atomic E-state index is 0.0662. The molecule has 0 unspecified atom stereocenters. The largest absolute Gasteiger partial charge is 0.371 e. The van der Waals surface area contributed by atoms with Gasteiger partial charge in [0.25, 0.3) is 5.91 Å². The van der Waals surface area contributed by atoms with Crippen LogP contribution in [0, 0.1) is 13.8 Å². The van der Waals surface area contributed by atoms with Gasteiger partial charge in [-0.1, -0.05) is 0 Å². The molecule has 7 nitrogen and oxygen atoms in total. The second kappa shape index (κ2) is 6.25. The van der Waals surface area contributed by atoms with Gasteiger partial charge in [0.15, 0.2) is 0 Å². The molecule has 0 bridgehead atoms. The smallest absolute Gasteiger partial charge is 0.251 e. The van der Waals surface area contributed by atoms with Gasteiger partial charge in [0, 0.05) is 37.5 Å². The van der Waals surface area contributed by atoms with Crippen molar-refractivity contribution in [1.29, 1.82) is 0 Å². The molecule has 1 amide bonds. The zero-order valence-corrected chi connectivity index (χ0v) is 15.5. The molecule has 1 saturated heterocycles. The van der Waals surface area contributed by atoms with E-state index in [0.29, 0.717) is 12.2 Å². The Labute approximate surface area is 152 Å². The Morgan fingerprint density at radius 2 is 2.12 bits per heavy atom. The van der Waals surface area contributed by atoms with Gasteiger partial charge in [0.2, 0.25) is 0 Å². The predicted molar refractivity (Wildman–Crippen MR) is 98.0 cm³/mol. The molecule has 7 heteroatoms. The molecular formula is C19H23N5O2. The molecule has 2 aromatic heterocycles. The van der Waals surface area contributed by atoms with Gasteiger partial charge < -0.3 is 14.6 Å². The zero-order valence-electron chi connectivity index (χ0n) is 15.5. The number of amides is 1. The Hall–Kier alpha value is -2.67. The average molecular weight is 353 g/mol. The van der Waals surface area contributed by atoms with E-state index in [4.69, 9.17) is 4.74 Å². The summed E-state index contributed by atoms with van der Waals surface area (Å²) >= 11 is 0. The van der Waals surface area contributed by atoms with Gasteiger partial charge >= 0.3 is 0 Å². The van der Waals surface area contributed by atoms with Crippen LogP contribution in [0.3, 0.4) is 0 Å². The summed E-state index contributed by atoms with van der Waals surface area (Å²) in [4.78, 5) is 17.1. The molecule has 2 atom stereocenters. The first kappa shape index (κ1) is 16.8. The number of fused-ring (bicyclic) bond motifs is 1.